The largest absolute Gasteiger partial charge is 0.391 e. The third-order valence-corrected chi connectivity index (χ3v) is 3.34. The van der Waals surface area contributed by atoms with E-state index in [2.05, 4.69) is 15.5 Å². The molecule has 6 nitrogen and oxygen atoms in total. The Morgan fingerprint density at radius 1 is 1.36 bits per heavy atom. The second-order valence-corrected chi connectivity index (χ2v) is 6.10. The Balaban J connectivity index is 2.16. The molecule has 1 unspecified atom stereocenters. The van der Waals surface area contributed by atoms with Crippen molar-refractivity contribution in [3.05, 3.63) is 29.7 Å². The number of carbonyl (C=O) groups is 1. The molecular weight excluding hydrogens is 294 g/mol. The first-order valence-electron chi connectivity index (χ1n) is 6.79. The van der Waals surface area contributed by atoms with Gasteiger partial charge in [0.2, 0.25) is 5.82 Å². The highest BCUT2D eigenvalue weighted by molar-refractivity contribution is 5.94. The highest BCUT2D eigenvalue weighted by Crippen LogP contribution is 2.19. The van der Waals surface area contributed by atoms with E-state index in [-0.39, 0.29) is 23.2 Å². The van der Waals surface area contributed by atoms with Gasteiger partial charge in [-0.15, -0.1) is 10.2 Å². The average Bonchev–Trinajstić information content (AvgIpc) is 2.86. The van der Waals surface area contributed by atoms with Crippen LogP contribution in [0.25, 0.3) is 5.65 Å². The predicted octanol–water partition coefficient (Wildman–Crippen LogP) is 1.80. The SMILES string of the molecule is CC(C)(C)C(O)CNC(=O)c1ccc2nnc(C(F)F)n2c1. The van der Waals surface area contributed by atoms with Gasteiger partial charge in [0.25, 0.3) is 12.3 Å². The standard InChI is InChI=1S/C14H18F2N4O2/c1-14(2,3)9(21)6-17-13(22)8-4-5-10-18-19-12(11(15)16)20(10)7-8/h4-5,7,9,11,21H,6H2,1-3H3,(H,17,22). The van der Waals surface area contributed by atoms with E-state index in [1.807, 2.05) is 20.8 Å². The number of hydrogen-bond acceptors (Lipinski definition) is 4. The summed E-state index contributed by atoms with van der Waals surface area (Å²) in [6.45, 7) is 5.62. The number of rotatable bonds is 4. The summed E-state index contributed by atoms with van der Waals surface area (Å²) in [5.74, 6) is -0.974. The summed E-state index contributed by atoms with van der Waals surface area (Å²) >= 11 is 0. The smallest absolute Gasteiger partial charge is 0.297 e. The maximum absolute atomic E-state index is 12.8. The van der Waals surface area contributed by atoms with Crippen LogP contribution >= 0.6 is 0 Å². The van der Waals surface area contributed by atoms with E-state index in [4.69, 9.17) is 0 Å². The molecule has 22 heavy (non-hydrogen) atoms. The molecule has 0 fully saturated rings. The van der Waals surface area contributed by atoms with Gasteiger partial charge in [-0.2, -0.15) is 0 Å². The second kappa shape index (κ2) is 5.96. The molecule has 0 aromatic carbocycles. The van der Waals surface area contributed by atoms with Gasteiger partial charge in [-0.25, -0.2) is 8.78 Å². The van der Waals surface area contributed by atoms with Crippen LogP contribution < -0.4 is 5.32 Å². The summed E-state index contributed by atoms with van der Waals surface area (Å²) in [5.41, 5.74) is 0.0610. The van der Waals surface area contributed by atoms with Gasteiger partial charge in [0.05, 0.1) is 11.7 Å². The number of alkyl halides is 2. The molecule has 0 aliphatic heterocycles. The first kappa shape index (κ1) is 16.3. The van der Waals surface area contributed by atoms with Gasteiger partial charge in [-0.3, -0.25) is 9.20 Å². The van der Waals surface area contributed by atoms with Crippen molar-refractivity contribution in [1.82, 2.24) is 19.9 Å². The molecule has 120 valence electrons. The fraction of sp³-hybridized carbons (Fsp3) is 0.500. The Morgan fingerprint density at radius 2 is 2.05 bits per heavy atom. The number of nitrogens with one attached hydrogen (secondary N) is 1. The van der Waals surface area contributed by atoms with Crippen molar-refractivity contribution in [2.45, 2.75) is 33.3 Å². The van der Waals surface area contributed by atoms with Crippen LogP contribution in [0.1, 0.15) is 43.4 Å². The van der Waals surface area contributed by atoms with Crippen molar-refractivity contribution < 1.29 is 18.7 Å². The normalized spacial score (nSPS) is 13.6. The van der Waals surface area contributed by atoms with Crippen LogP contribution in [0.2, 0.25) is 0 Å². The molecule has 0 spiro atoms. The van der Waals surface area contributed by atoms with Gasteiger partial charge in [-0.05, 0) is 17.5 Å². The van der Waals surface area contributed by atoms with Gasteiger partial charge < -0.3 is 10.4 Å². The molecule has 0 saturated heterocycles. The first-order chi connectivity index (χ1) is 10.2. The highest BCUT2D eigenvalue weighted by Gasteiger charge is 2.23. The Labute approximate surface area is 126 Å². The minimum Gasteiger partial charge on any atom is -0.391 e. The molecule has 2 N–H and O–H groups in total. The van der Waals surface area contributed by atoms with Gasteiger partial charge in [0.15, 0.2) is 5.65 Å². The molecular formula is C14H18F2N4O2. The molecule has 2 aromatic heterocycles. The molecule has 2 rings (SSSR count). The van der Waals surface area contributed by atoms with E-state index in [1.165, 1.54) is 18.3 Å². The third-order valence-electron chi connectivity index (χ3n) is 3.34. The molecule has 1 amide bonds. The Hall–Kier alpha value is -2.09. The molecule has 8 heteroatoms. The number of aliphatic hydroxyl groups is 1. The lowest BCUT2D eigenvalue weighted by atomic mass is 9.89. The number of halogens is 2. The molecule has 0 radical (unpaired) electrons. The van der Waals surface area contributed by atoms with Crippen molar-refractivity contribution in [2.75, 3.05) is 6.54 Å². The zero-order valence-corrected chi connectivity index (χ0v) is 12.5. The van der Waals surface area contributed by atoms with Crippen molar-refractivity contribution >= 4 is 11.6 Å². The lowest BCUT2D eigenvalue weighted by molar-refractivity contribution is 0.0586. The fourth-order valence-electron chi connectivity index (χ4n) is 1.79. The minimum absolute atomic E-state index is 0.0737. The zero-order valence-electron chi connectivity index (χ0n) is 12.5. The average molecular weight is 312 g/mol. The predicted molar refractivity (Wildman–Crippen MR) is 75.7 cm³/mol. The van der Waals surface area contributed by atoms with Crippen molar-refractivity contribution in [3.63, 3.8) is 0 Å². The molecule has 2 aromatic rings. The number of aliphatic hydroxyl groups excluding tert-OH is 1. The summed E-state index contributed by atoms with van der Waals surface area (Å²) in [4.78, 5) is 12.1. The van der Waals surface area contributed by atoms with Crippen LogP contribution in [0.15, 0.2) is 18.3 Å². The molecule has 0 aliphatic rings. The number of hydrogen-bond donors (Lipinski definition) is 2. The van der Waals surface area contributed by atoms with Gasteiger partial charge in [0, 0.05) is 12.7 Å². The fourth-order valence-corrected chi connectivity index (χ4v) is 1.79. The Kier molecular flexibility index (Phi) is 4.41. The van der Waals surface area contributed by atoms with E-state index in [0.717, 1.165) is 4.40 Å². The maximum Gasteiger partial charge on any atom is 0.297 e. The van der Waals surface area contributed by atoms with Crippen LogP contribution in [0.5, 0.6) is 0 Å². The molecule has 0 bridgehead atoms. The first-order valence-corrected chi connectivity index (χ1v) is 6.79. The van der Waals surface area contributed by atoms with Gasteiger partial charge in [0.1, 0.15) is 0 Å². The van der Waals surface area contributed by atoms with E-state index in [9.17, 15) is 18.7 Å². The van der Waals surface area contributed by atoms with Gasteiger partial charge >= 0.3 is 0 Å². The van der Waals surface area contributed by atoms with Crippen LogP contribution in [0.4, 0.5) is 8.78 Å². The lowest BCUT2D eigenvalue weighted by Gasteiger charge is -2.25. The van der Waals surface area contributed by atoms with Gasteiger partial charge in [-0.1, -0.05) is 20.8 Å². The Morgan fingerprint density at radius 3 is 2.64 bits per heavy atom. The number of fused-ring (bicyclic) bond motifs is 1. The zero-order chi connectivity index (χ0) is 16.5. The van der Waals surface area contributed by atoms with E-state index < -0.39 is 24.3 Å². The van der Waals surface area contributed by atoms with E-state index in [0.29, 0.717) is 0 Å². The number of carbonyl (C=O) groups excluding carboxylic acids is 1. The lowest BCUT2D eigenvalue weighted by Crippen LogP contribution is -2.39. The van der Waals surface area contributed by atoms with E-state index in [1.54, 1.807) is 0 Å². The van der Waals surface area contributed by atoms with E-state index >= 15 is 0 Å². The highest BCUT2D eigenvalue weighted by atomic mass is 19.3. The third kappa shape index (κ3) is 3.38. The molecule has 1 atom stereocenters. The summed E-state index contributed by atoms with van der Waals surface area (Å²) in [6, 6.07) is 2.91. The minimum atomic E-state index is -2.78. The number of pyridine rings is 1. The van der Waals surface area contributed by atoms with Crippen LogP contribution in [-0.2, 0) is 0 Å². The quantitative estimate of drug-likeness (QED) is 0.902. The number of amides is 1. The summed E-state index contributed by atoms with van der Waals surface area (Å²) < 4.78 is 26.7. The molecule has 0 aliphatic carbocycles. The van der Waals surface area contributed by atoms with Crippen molar-refractivity contribution in [2.24, 2.45) is 5.41 Å². The topological polar surface area (TPSA) is 79.5 Å². The maximum atomic E-state index is 12.8. The summed E-state index contributed by atoms with van der Waals surface area (Å²) in [6.07, 6.45) is -2.24. The Bertz CT molecular complexity index is 679. The van der Waals surface area contributed by atoms with Crippen LogP contribution in [0.3, 0.4) is 0 Å². The van der Waals surface area contributed by atoms with Crippen LogP contribution in [-0.4, -0.2) is 38.3 Å². The number of nitrogens with zero attached hydrogens (tertiary/aromatic N) is 3. The van der Waals surface area contributed by atoms with Crippen molar-refractivity contribution in [3.8, 4) is 0 Å². The monoisotopic (exact) mass is 312 g/mol. The summed E-state index contributed by atoms with van der Waals surface area (Å²) in [7, 11) is 0. The molecule has 2 heterocycles. The molecule has 0 saturated carbocycles. The van der Waals surface area contributed by atoms with Crippen molar-refractivity contribution in [1.29, 1.82) is 0 Å². The summed E-state index contributed by atoms with van der Waals surface area (Å²) in [5, 5.41) is 19.5. The number of aromatic nitrogens is 3. The second-order valence-electron chi connectivity index (χ2n) is 6.10. The van der Waals surface area contributed by atoms with Crippen LogP contribution in [0, 0.1) is 5.41 Å².